The Hall–Kier alpha value is -3.27. The lowest BCUT2D eigenvalue weighted by Crippen LogP contribution is -2.41. The summed E-state index contributed by atoms with van der Waals surface area (Å²) in [5.74, 6) is -0.564. The number of nitrogen functional groups attached to an aromatic ring is 1. The highest BCUT2D eigenvalue weighted by molar-refractivity contribution is 5.92. The number of primary amides is 1. The highest BCUT2D eigenvalue weighted by Gasteiger charge is 2.16. The molecule has 6 N–H and O–H groups in total. The van der Waals surface area contributed by atoms with E-state index in [1.165, 1.54) is 6.33 Å². The number of H-pyrrole nitrogens is 1. The molecular weight excluding hydrogens is 314 g/mol. The van der Waals surface area contributed by atoms with Crippen LogP contribution in [-0.4, -0.2) is 36.6 Å². The second-order valence-electron chi connectivity index (χ2n) is 5.33. The van der Waals surface area contributed by atoms with Gasteiger partial charge in [0.15, 0.2) is 30.1 Å². The number of carbonyl (C=O) groups excluding carboxylic acids is 1. The number of aromatic nitrogens is 5. The van der Waals surface area contributed by atoms with E-state index in [2.05, 4.69) is 15.0 Å². The van der Waals surface area contributed by atoms with Crippen molar-refractivity contribution in [3.05, 3.63) is 46.8 Å². The van der Waals surface area contributed by atoms with Crippen molar-refractivity contribution in [3.8, 4) is 0 Å². The lowest BCUT2D eigenvalue weighted by Gasteiger charge is -2.09. The van der Waals surface area contributed by atoms with Crippen molar-refractivity contribution in [2.24, 2.45) is 5.73 Å². The van der Waals surface area contributed by atoms with Crippen molar-refractivity contribution < 1.29 is 14.5 Å². The second-order valence-corrected chi connectivity index (χ2v) is 5.33. The van der Waals surface area contributed by atoms with E-state index in [0.29, 0.717) is 11.2 Å². The largest absolute Gasteiger partial charge is 0.385 e. The summed E-state index contributed by atoms with van der Waals surface area (Å²) < 4.78 is 3.20. The maximum Gasteiger partial charge on any atom is 0.280 e. The lowest BCUT2D eigenvalue weighted by molar-refractivity contribution is -0.703. The number of nitrogens with zero attached hydrogens (tertiary/aromatic N) is 4. The Kier molecular flexibility index (Phi) is 3.96. The molecule has 0 spiro atoms. The number of hydrogen-bond donors (Lipinski definition) is 4. The minimum absolute atomic E-state index is 0.0210. The van der Waals surface area contributed by atoms with E-state index in [9.17, 15) is 14.7 Å². The minimum Gasteiger partial charge on any atom is -0.385 e. The van der Waals surface area contributed by atoms with Crippen LogP contribution >= 0.6 is 0 Å². The molecule has 10 heteroatoms. The average Bonchev–Trinajstić information content (AvgIpc) is 2.90. The van der Waals surface area contributed by atoms with Crippen molar-refractivity contribution in [1.82, 2.24) is 19.5 Å². The molecular formula is C14H16N7O3+. The zero-order valence-corrected chi connectivity index (χ0v) is 12.6. The van der Waals surface area contributed by atoms with Gasteiger partial charge in [-0.25, -0.2) is 9.55 Å². The van der Waals surface area contributed by atoms with Crippen LogP contribution in [0.3, 0.4) is 0 Å². The Morgan fingerprint density at radius 3 is 3.04 bits per heavy atom. The third-order valence-corrected chi connectivity index (χ3v) is 3.46. The maximum atomic E-state index is 11.7. The Balaban J connectivity index is 1.80. The van der Waals surface area contributed by atoms with Gasteiger partial charge in [0.05, 0.1) is 12.9 Å². The third-order valence-electron chi connectivity index (χ3n) is 3.46. The van der Waals surface area contributed by atoms with Crippen LogP contribution < -0.4 is 21.6 Å². The fourth-order valence-corrected chi connectivity index (χ4v) is 2.41. The molecule has 24 heavy (non-hydrogen) atoms. The van der Waals surface area contributed by atoms with E-state index in [-0.39, 0.29) is 24.6 Å². The summed E-state index contributed by atoms with van der Waals surface area (Å²) in [5.41, 5.74) is 11.1. The first-order valence-electron chi connectivity index (χ1n) is 7.11. The van der Waals surface area contributed by atoms with Gasteiger partial charge in [-0.1, -0.05) is 0 Å². The van der Waals surface area contributed by atoms with Crippen LogP contribution in [-0.2, 0) is 13.1 Å². The number of rotatable bonds is 5. The summed E-state index contributed by atoms with van der Waals surface area (Å²) in [6.45, 7) is 0.375. The second kappa shape index (κ2) is 6.08. The number of carbonyl (C=O) groups is 1. The third kappa shape index (κ3) is 3.08. The summed E-state index contributed by atoms with van der Waals surface area (Å²) in [6.07, 6.45) is 3.87. The molecule has 0 aromatic carbocycles. The highest BCUT2D eigenvalue weighted by atomic mass is 16.3. The lowest BCUT2D eigenvalue weighted by atomic mass is 10.2. The van der Waals surface area contributed by atoms with Gasteiger partial charge in [-0.2, -0.15) is 4.98 Å². The monoisotopic (exact) mass is 330 g/mol. The molecule has 0 radical (unpaired) electrons. The molecule has 0 fully saturated rings. The number of nitrogens with one attached hydrogen (secondary N) is 1. The van der Waals surface area contributed by atoms with Crippen molar-refractivity contribution in [2.45, 2.75) is 19.2 Å². The van der Waals surface area contributed by atoms with E-state index >= 15 is 0 Å². The summed E-state index contributed by atoms with van der Waals surface area (Å²) >= 11 is 0. The van der Waals surface area contributed by atoms with Gasteiger partial charge in [0.25, 0.3) is 11.5 Å². The van der Waals surface area contributed by atoms with Crippen molar-refractivity contribution in [3.63, 3.8) is 0 Å². The number of pyridine rings is 1. The summed E-state index contributed by atoms with van der Waals surface area (Å²) in [7, 11) is 0. The van der Waals surface area contributed by atoms with Crippen molar-refractivity contribution >= 4 is 23.0 Å². The van der Waals surface area contributed by atoms with Gasteiger partial charge in [-0.05, 0) is 6.07 Å². The molecule has 1 atom stereocenters. The average molecular weight is 330 g/mol. The molecule has 0 bridgehead atoms. The van der Waals surface area contributed by atoms with Crippen molar-refractivity contribution in [1.29, 1.82) is 0 Å². The summed E-state index contributed by atoms with van der Waals surface area (Å²) in [6, 6.07) is 3.26. The minimum atomic E-state index is -0.808. The first kappa shape index (κ1) is 15.6. The van der Waals surface area contributed by atoms with Gasteiger partial charge in [0.2, 0.25) is 5.95 Å². The Labute approximate surface area is 135 Å². The van der Waals surface area contributed by atoms with Crippen LogP contribution in [0, 0.1) is 0 Å². The molecule has 1 unspecified atom stereocenters. The van der Waals surface area contributed by atoms with Crippen LogP contribution in [0.15, 0.2) is 35.6 Å². The molecule has 10 nitrogen and oxygen atoms in total. The zero-order valence-electron chi connectivity index (χ0n) is 12.6. The van der Waals surface area contributed by atoms with E-state index in [1.54, 1.807) is 33.7 Å². The van der Waals surface area contributed by atoms with Crippen LogP contribution in [0.4, 0.5) is 5.95 Å². The smallest absolute Gasteiger partial charge is 0.280 e. The van der Waals surface area contributed by atoms with Gasteiger partial charge in [-0.15, -0.1) is 0 Å². The fourth-order valence-electron chi connectivity index (χ4n) is 2.41. The van der Waals surface area contributed by atoms with Gasteiger partial charge in [0.1, 0.15) is 11.7 Å². The maximum absolute atomic E-state index is 11.7. The predicted octanol–water partition coefficient (Wildman–Crippen LogP) is -1.85. The van der Waals surface area contributed by atoms with Gasteiger partial charge in [0, 0.05) is 6.07 Å². The SMILES string of the molecule is NC(=O)c1ccc[n+](CC(O)Cn2cnc3c(=O)[nH]c(N)nc32)c1. The molecule has 0 aliphatic rings. The number of anilines is 1. The quantitative estimate of drug-likeness (QED) is 0.402. The highest BCUT2D eigenvalue weighted by Crippen LogP contribution is 2.07. The Morgan fingerprint density at radius 2 is 2.29 bits per heavy atom. The van der Waals surface area contributed by atoms with Gasteiger partial charge < -0.3 is 21.1 Å². The summed E-state index contributed by atoms with van der Waals surface area (Å²) in [5, 5.41) is 10.3. The standard InChI is InChI=1S/C14H15N7O3/c15-11(23)8-2-1-3-20(4-8)5-9(22)6-21-7-17-10-12(21)18-14(16)19-13(10)24/h1-4,7,9,22H,5-6H2,(H4-,15,16,18,19,23,24)/p+1. The van der Waals surface area contributed by atoms with Crippen LogP contribution in [0.5, 0.6) is 0 Å². The number of aliphatic hydroxyl groups is 1. The number of aliphatic hydroxyl groups excluding tert-OH is 1. The topological polar surface area (TPSA) is 157 Å². The Bertz CT molecular complexity index is 962. The molecule has 0 aliphatic carbocycles. The number of aromatic amines is 1. The first-order chi connectivity index (χ1) is 11.4. The molecule has 0 saturated carbocycles. The molecule has 3 aromatic rings. The molecule has 3 heterocycles. The molecule has 3 rings (SSSR count). The number of nitrogens with two attached hydrogens (primary N) is 2. The van der Waals surface area contributed by atoms with Crippen LogP contribution in [0.1, 0.15) is 10.4 Å². The first-order valence-corrected chi connectivity index (χ1v) is 7.11. The Morgan fingerprint density at radius 1 is 1.50 bits per heavy atom. The fraction of sp³-hybridized carbons (Fsp3) is 0.214. The number of hydrogen-bond acceptors (Lipinski definition) is 6. The number of imidazole rings is 1. The van der Waals surface area contributed by atoms with Crippen LogP contribution in [0.2, 0.25) is 0 Å². The molecule has 1 amide bonds. The predicted molar refractivity (Wildman–Crippen MR) is 83.7 cm³/mol. The zero-order chi connectivity index (χ0) is 17.3. The van der Waals surface area contributed by atoms with Crippen LogP contribution in [0.25, 0.3) is 11.2 Å². The van der Waals surface area contributed by atoms with E-state index in [4.69, 9.17) is 11.5 Å². The van der Waals surface area contributed by atoms with Gasteiger partial charge >= 0.3 is 0 Å². The normalized spacial score (nSPS) is 12.4. The van der Waals surface area contributed by atoms with Crippen molar-refractivity contribution in [2.75, 3.05) is 5.73 Å². The molecule has 124 valence electrons. The number of amides is 1. The molecule has 0 saturated heterocycles. The number of fused-ring (bicyclic) bond motifs is 1. The van der Waals surface area contributed by atoms with E-state index in [0.717, 1.165) is 0 Å². The van der Waals surface area contributed by atoms with E-state index in [1.807, 2.05) is 0 Å². The van der Waals surface area contributed by atoms with Gasteiger partial charge in [-0.3, -0.25) is 14.6 Å². The molecule has 0 aliphatic heterocycles. The van der Waals surface area contributed by atoms with E-state index < -0.39 is 17.6 Å². The summed E-state index contributed by atoms with van der Waals surface area (Å²) in [4.78, 5) is 33.3. The molecule has 3 aromatic heterocycles.